The molecule has 0 aliphatic heterocycles. The molecule has 1 fully saturated rings. The van der Waals surface area contributed by atoms with Gasteiger partial charge in [0.05, 0.1) is 10.9 Å². The van der Waals surface area contributed by atoms with Gasteiger partial charge < -0.3 is 0 Å². The van der Waals surface area contributed by atoms with E-state index in [-0.39, 0.29) is 0 Å². The van der Waals surface area contributed by atoms with E-state index in [2.05, 4.69) is 20.7 Å². The van der Waals surface area contributed by atoms with E-state index in [0.29, 0.717) is 4.90 Å². The molecule has 0 atom stereocenters. The van der Waals surface area contributed by atoms with Gasteiger partial charge in [0.25, 0.3) is 0 Å². The zero-order valence-electron chi connectivity index (χ0n) is 8.25. The normalized spacial score (nSPS) is 16.7. The highest BCUT2D eigenvalue weighted by atomic mass is 79.9. The van der Waals surface area contributed by atoms with Crippen molar-refractivity contribution in [3.8, 4) is 0 Å². The van der Waals surface area contributed by atoms with Gasteiger partial charge in [0.1, 0.15) is 0 Å². The van der Waals surface area contributed by atoms with Gasteiger partial charge in [-0.1, -0.05) is 15.9 Å². The topological polar surface area (TPSA) is 46.2 Å². The molecule has 0 heterocycles. The number of hydrogen-bond donors (Lipinski definition) is 1. The maximum atomic E-state index is 11.8. The molecule has 1 aliphatic rings. The van der Waals surface area contributed by atoms with Crippen molar-refractivity contribution in [3.63, 3.8) is 0 Å². The van der Waals surface area contributed by atoms with Gasteiger partial charge in [-0.3, -0.25) is 0 Å². The fraction of sp³-hybridized carbons (Fsp3) is 0.300. The van der Waals surface area contributed by atoms with Crippen molar-refractivity contribution in [1.82, 2.24) is 4.72 Å². The third-order valence-corrected chi connectivity index (χ3v) is 4.54. The Balaban J connectivity index is 2.31. The summed E-state index contributed by atoms with van der Waals surface area (Å²) in [5.41, 5.74) is 0.915. The molecule has 1 saturated carbocycles. The Kier molecular flexibility index (Phi) is 2.87. The van der Waals surface area contributed by atoms with Gasteiger partial charge in [-0.2, -0.15) is 0 Å². The molecule has 1 aromatic rings. The molecule has 0 saturated heterocycles. The minimum atomic E-state index is -3.34. The number of rotatable bonds is 3. The van der Waals surface area contributed by atoms with Crippen LogP contribution in [0.25, 0.3) is 0 Å². The Hall–Kier alpha value is -0.390. The predicted molar refractivity (Wildman–Crippen MR) is 61.7 cm³/mol. The van der Waals surface area contributed by atoms with E-state index in [1.165, 1.54) is 0 Å². The lowest BCUT2D eigenvalue weighted by molar-refractivity contribution is 0.587. The standard InChI is InChI=1S/C10H11BrNO2S/c1-7-6-9(4-5-10(7)11)15(13,14)12-8-2-3-8/h4-6,12H,2-3H2,1H3. The van der Waals surface area contributed by atoms with Crippen molar-refractivity contribution < 1.29 is 8.42 Å². The summed E-state index contributed by atoms with van der Waals surface area (Å²) in [4.78, 5) is 0.322. The Morgan fingerprint density at radius 2 is 2.00 bits per heavy atom. The third-order valence-electron chi connectivity index (χ3n) is 2.22. The van der Waals surface area contributed by atoms with Gasteiger partial charge in [0.2, 0.25) is 10.0 Å². The fourth-order valence-corrected chi connectivity index (χ4v) is 2.73. The summed E-state index contributed by atoms with van der Waals surface area (Å²) in [6.07, 6.45) is 1.74. The molecule has 1 aromatic carbocycles. The Labute approximate surface area is 98.1 Å². The smallest absolute Gasteiger partial charge is 0.207 e. The minimum absolute atomic E-state index is 0.322. The monoisotopic (exact) mass is 288 g/mol. The molecule has 0 amide bonds. The SMILES string of the molecule is Cc1cc(S(=O)(=O)N[C]2CC2)ccc1Br. The average Bonchev–Trinajstić information content (AvgIpc) is 2.92. The van der Waals surface area contributed by atoms with Crippen molar-refractivity contribution in [2.24, 2.45) is 0 Å². The van der Waals surface area contributed by atoms with Crippen LogP contribution in [-0.4, -0.2) is 8.42 Å². The second kappa shape index (κ2) is 3.88. The van der Waals surface area contributed by atoms with Gasteiger partial charge >= 0.3 is 0 Å². The van der Waals surface area contributed by atoms with E-state index in [4.69, 9.17) is 0 Å². The summed E-state index contributed by atoms with van der Waals surface area (Å²) >= 11 is 3.34. The van der Waals surface area contributed by atoms with Gasteiger partial charge in [-0.25, -0.2) is 13.1 Å². The minimum Gasteiger partial charge on any atom is -0.207 e. The molecule has 1 radical (unpaired) electrons. The lowest BCUT2D eigenvalue weighted by atomic mass is 10.2. The van der Waals surface area contributed by atoms with E-state index in [1.807, 2.05) is 6.92 Å². The maximum absolute atomic E-state index is 11.8. The molecule has 0 bridgehead atoms. The number of hydrogen-bond acceptors (Lipinski definition) is 2. The van der Waals surface area contributed by atoms with Crippen LogP contribution < -0.4 is 4.72 Å². The van der Waals surface area contributed by atoms with Crippen LogP contribution in [0.1, 0.15) is 18.4 Å². The molecule has 3 nitrogen and oxygen atoms in total. The van der Waals surface area contributed by atoms with E-state index in [0.717, 1.165) is 28.9 Å². The lowest BCUT2D eigenvalue weighted by Crippen LogP contribution is -2.21. The lowest BCUT2D eigenvalue weighted by Gasteiger charge is -2.06. The maximum Gasteiger partial charge on any atom is 0.241 e. The van der Waals surface area contributed by atoms with Crippen LogP contribution >= 0.6 is 15.9 Å². The molecule has 1 aliphatic carbocycles. The Morgan fingerprint density at radius 3 is 2.53 bits per heavy atom. The van der Waals surface area contributed by atoms with Crippen LogP contribution in [0.2, 0.25) is 0 Å². The van der Waals surface area contributed by atoms with E-state index in [9.17, 15) is 8.42 Å². The first-order chi connectivity index (χ1) is 6.99. The zero-order chi connectivity index (χ0) is 11.1. The van der Waals surface area contributed by atoms with E-state index < -0.39 is 10.0 Å². The Morgan fingerprint density at radius 1 is 1.33 bits per heavy atom. The van der Waals surface area contributed by atoms with E-state index in [1.54, 1.807) is 18.2 Å². The molecule has 0 aromatic heterocycles. The van der Waals surface area contributed by atoms with Gasteiger partial charge in [-0.05, 0) is 43.5 Å². The summed E-state index contributed by atoms with van der Waals surface area (Å²) in [6.45, 7) is 1.87. The average molecular weight is 289 g/mol. The Bertz CT molecular complexity index is 480. The molecular weight excluding hydrogens is 278 g/mol. The largest absolute Gasteiger partial charge is 0.241 e. The molecule has 0 unspecified atom stereocenters. The number of sulfonamides is 1. The molecule has 2 rings (SSSR count). The second-order valence-electron chi connectivity index (χ2n) is 3.62. The summed E-state index contributed by atoms with van der Waals surface area (Å²) in [6, 6.07) is 5.91. The first kappa shape index (κ1) is 11.1. The molecular formula is C10H11BrNO2S. The number of nitrogens with one attached hydrogen (secondary N) is 1. The number of aryl methyl sites for hydroxylation is 1. The van der Waals surface area contributed by atoms with Crippen molar-refractivity contribution in [2.75, 3.05) is 0 Å². The van der Waals surface area contributed by atoms with Gasteiger partial charge in [-0.15, -0.1) is 0 Å². The fourth-order valence-electron chi connectivity index (χ4n) is 1.20. The van der Waals surface area contributed by atoms with Crippen molar-refractivity contribution in [3.05, 3.63) is 34.3 Å². The van der Waals surface area contributed by atoms with Crippen molar-refractivity contribution in [1.29, 1.82) is 0 Å². The summed E-state index contributed by atoms with van der Waals surface area (Å²) in [7, 11) is -3.34. The third kappa shape index (κ3) is 2.59. The molecule has 81 valence electrons. The first-order valence-corrected chi connectivity index (χ1v) is 6.90. The molecule has 15 heavy (non-hydrogen) atoms. The van der Waals surface area contributed by atoms with Crippen LogP contribution in [0.5, 0.6) is 0 Å². The molecule has 5 heteroatoms. The first-order valence-electron chi connectivity index (χ1n) is 4.63. The number of benzene rings is 1. The molecule has 0 spiro atoms. The van der Waals surface area contributed by atoms with Crippen LogP contribution in [0.4, 0.5) is 0 Å². The van der Waals surface area contributed by atoms with E-state index >= 15 is 0 Å². The number of halogens is 1. The van der Waals surface area contributed by atoms with Gasteiger partial charge in [0.15, 0.2) is 0 Å². The van der Waals surface area contributed by atoms with Crippen molar-refractivity contribution >= 4 is 26.0 Å². The predicted octanol–water partition coefficient (Wildman–Crippen LogP) is 2.36. The highest BCUT2D eigenvalue weighted by Gasteiger charge is 2.28. The summed E-state index contributed by atoms with van der Waals surface area (Å²) < 4.78 is 27.1. The second-order valence-corrected chi connectivity index (χ2v) is 6.16. The van der Waals surface area contributed by atoms with Crippen LogP contribution in [0.3, 0.4) is 0 Å². The highest BCUT2D eigenvalue weighted by Crippen LogP contribution is 2.30. The zero-order valence-corrected chi connectivity index (χ0v) is 10.7. The van der Waals surface area contributed by atoms with Crippen LogP contribution in [0, 0.1) is 13.0 Å². The molecule has 1 N–H and O–H groups in total. The highest BCUT2D eigenvalue weighted by molar-refractivity contribution is 9.10. The van der Waals surface area contributed by atoms with Gasteiger partial charge in [0, 0.05) is 4.47 Å². The summed E-state index contributed by atoms with van der Waals surface area (Å²) in [5.74, 6) is 0. The van der Waals surface area contributed by atoms with Crippen LogP contribution in [0.15, 0.2) is 27.6 Å². The summed E-state index contributed by atoms with van der Waals surface area (Å²) in [5, 5.41) is 0. The van der Waals surface area contributed by atoms with Crippen molar-refractivity contribution in [2.45, 2.75) is 24.7 Å². The quantitative estimate of drug-likeness (QED) is 0.928. The van der Waals surface area contributed by atoms with Crippen LogP contribution in [-0.2, 0) is 10.0 Å².